The van der Waals surface area contributed by atoms with Crippen LogP contribution < -0.4 is 5.32 Å². The van der Waals surface area contributed by atoms with Gasteiger partial charge in [-0.05, 0) is 38.7 Å². The van der Waals surface area contributed by atoms with Gasteiger partial charge in [-0.15, -0.1) is 0 Å². The largest absolute Gasteiger partial charge is 0.328 e. The number of hydrogen-bond acceptors (Lipinski definition) is 3. The van der Waals surface area contributed by atoms with Gasteiger partial charge in [-0.25, -0.2) is 0 Å². The second-order valence-electron chi connectivity index (χ2n) is 5.22. The summed E-state index contributed by atoms with van der Waals surface area (Å²) in [5.41, 5.74) is 1.82. The Labute approximate surface area is 123 Å². The molecule has 2 amide bonds. The number of likely N-dealkylation sites (N-methyl/N-ethyl adjacent to an activating group) is 1. The average Bonchev–Trinajstić information content (AvgIpc) is 2.46. The lowest BCUT2D eigenvalue weighted by atomic mass is 10.1. The highest BCUT2D eigenvalue weighted by Gasteiger charge is 2.27. The lowest BCUT2D eigenvalue weighted by Crippen LogP contribution is -2.39. The van der Waals surface area contributed by atoms with Crippen molar-refractivity contribution in [1.82, 2.24) is 9.80 Å². The first-order valence-corrected chi connectivity index (χ1v) is 6.80. The number of aryl methyl sites for hydroxylation is 1. The molecule has 0 unspecified atom stereocenters. The molecule has 1 N–H and O–H groups in total. The third-order valence-electron chi connectivity index (χ3n) is 3.23. The van der Waals surface area contributed by atoms with E-state index in [-0.39, 0.29) is 18.4 Å². The Morgan fingerprint density at radius 1 is 1.35 bits per heavy atom. The fourth-order valence-electron chi connectivity index (χ4n) is 2.17. The molecule has 0 fully saturated rings. The zero-order chi connectivity index (χ0) is 14.9. The van der Waals surface area contributed by atoms with E-state index < -0.39 is 0 Å². The Morgan fingerprint density at radius 3 is 2.70 bits per heavy atom. The topological polar surface area (TPSA) is 52.7 Å². The summed E-state index contributed by atoms with van der Waals surface area (Å²) in [5, 5.41) is 3.29. The maximum absolute atomic E-state index is 12.6. The second kappa shape index (κ2) is 5.81. The van der Waals surface area contributed by atoms with Crippen molar-refractivity contribution in [3.8, 4) is 0 Å². The smallest absolute Gasteiger partial charge is 0.256 e. The summed E-state index contributed by atoms with van der Waals surface area (Å²) < 4.78 is 0. The number of nitrogens with zero attached hydrogens (tertiary/aromatic N) is 2. The molecule has 6 heteroatoms. The van der Waals surface area contributed by atoms with E-state index in [1.165, 1.54) is 0 Å². The fraction of sp³-hybridized carbons (Fsp3) is 0.429. The quantitative estimate of drug-likeness (QED) is 0.922. The summed E-state index contributed by atoms with van der Waals surface area (Å²) in [5.74, 6) is -0.341. The first kappa shape index (κ1) is 14.8. The van der Waals surface area contributed by atoms with Crippen molar-refractivity contribution in [2.24, 2.45) is 0 Å². The van der Waals surface area contributed by atoms with Gasteiger partial charge in [0, 0.05) is 18.1 Å². The lowest BCUT2D eigenvalue weighted by molar-refractivity contribution is -0.116. The van der Waals surface area contributed by atoms with Crippen molar-refractivity contribution in [3.05, 3.63) is 28.3 Å². The second-order valence-corrected chi connectivity index (χ2v) is 5.66. The van der Waals surface area contributed by atoms with E-state index in [1.54, 1.807) is 17.0 Å². The summed E-state index contributed by atoms with van der Waals surface area (Å²) in [6.45, 7) is 3.10. The SMILES string of the molecule is Cc1cc(Cl)cc2c1NC(=O)CN(CCN(C)C)C2=O. The molecule has 0 bridgehead atoms. The standard InChI is InChI=1S/C14H18ClN3O2/c1-9-6-10(15)7-11-13(9)16-12(19)8-18(14(11)20)5-4-17(2)3/h6-7H,4-5,8H2,1-3H3,(H,16,19). The number of rotatable bonds is 3. The number of nitrogens with one attached hydrogen (secondary N) is 1. The zero-order valence-corrected chi connectivity index (χ0v) is 12.6. The van der Waals surface area contributed by atoms with E-state index in [1.807, 2.05) is 25.9 Å². The van der Waals surface area contributed by atoms with Crippen LogP contribution >= 0.6 is 11.6 Å². The molecule has 0 radical (unpaired) electrons. The van der Waals surface area contributed by atoms with Crippen molar-refractivity contribution < 1.29 is 9.59 Å². The molecular formula is C14H18ClN3O2. The van der Waals surface area contributed by atoms with Crippen LogP contribution in [-0.4, -0.2) is 55.3 Å². The molecule has 2 rings (SSSR count). The van der Waals surface area contributed by atoms with Crippen LogP contribution in [0.25, 0.3) is 0 Å². The van der Waals surface area contributed by atoms with Gasteiger partial charge in [0.05, 0.1) is 11.3 Å². The van der Waals surface area contributed by atoms with Gasteiger partial charge in [-0.1, -0.05) is 11.6 Å². The van der Waals surface area contributed by atoms with Gasteiger partial charge < -0.3 is 15.1 Å². The van der Waals surface area contributed by atoms with E-state index in [2.05, 4.69) is 5.32 Å². The van der Waals surface area contributed by atoms with Crippen molar-refractivity contribution >= 4 is 29.1 Å². The number of benzene rings is 1. The maximum Gasteiger partial charge on any atom is 0.256 e. The van der Waals surface area contributed by atoms with Crippen molar-refractivity contribution in [2.75, 3.05) is 39.0 Å². The van der Waals surface area contributed by atoms with Crippen LogP contribution in [0, 0.1) is 6.92 Å². The van der Waals surface area contributed by atoms with Crippen LogP contribution in [-0.2, 0) is 4.79 Å². The third kappa shape index (κ3) is 3.11. The van der Waals surface area contributed by atoms with Crippen LogP contribution in [0.2, 0.25) is 5.02 Å². The highest BCUT2D eigenvalue weighted by atomic mass is 35.5. The average molecular weight is 296 g/mol. The molecule has 0 aromatic heterocycles. The van der Waals surface area contributed by atoms with E-state index in [0.717, 1.165) is 5.56 Å². The normalized spacial score (nSPS) is 15.2. The summed E-state index contributed by atoms with van der Waals surface area (Å²) in [4.78, 5) is 28.0. The van der Waals surface area contributed by atoms with Gasteiger partial charge >= 0.3 is 0 Å². The minimum atomic E-state index is -0.179. The number of fused-ring (bicyclic) bond motifs is 1. The molecule has 5 nitrogen and oxygen atoms in total. The minimum absolute atomic E-state index is 0.0679. The van der Waals surface area contributed by atoms with Crippen LogP contribution in [0.15, 0.2) is 12.1 Å². The summed E-state index contributed by atoms with van der Waals surface area (Å²) >= 11 is 6.02. The molecule has 108 valence electrons. The number of carbonyl (C=O) groups is 2. The summed E-state index contributed by atoms with van der Waals surface area (Å²) in [6.07, 6.45) is 0. The Morgan fingerprint density at radius 2 is 2.05 bits per heavy atom. The van der Waals surface area contributed by atoms with Crippen LogP contribution in [0.4, 0.5) is 5.69 Å². The lowest BCUT2D eigenvalue weighted by Gasteiger charge is -2.21. The molecule has 1 aliphatic rings. The Hall–Kier alpha value is -1.59. The van der Waals surface area contributed by atoms with Crippen molar-refractivity contribution in [1.29, 1.82) is 0 Å². The van der Waals surface area contributed by atoms with Crippen LogP contribution in [0.3, 0.4) is 0 Å². The van der Waals surface area contributed by atoms with Gasteiger partial charge in [0.25, 0.3) is 5.91 Å². The molecule has 0 aliphatic carbocycles. The Kier molecular flexibility index (Phi) is 4.30. The first-order valence-electron chi connectivity index (χ1n) is 6.42. The number of anilines is 1. The van der Waals surface area contributed by atoms with Gasteiger partial charge in [-0.3, -0.25) is 9.59 Å². The molecule has 1 heterocycles. The molecule has 1 aromatic rings. The van der Waals surface area contributed by atoms with E-state index in [9.17, 15) is 9.59 Å². The summed E-state index contributed by atoms with van der Waals surface area (Å²) in [6, 6.07) is 3.35. The number of carbonyl (C=O) groups excluding carboxylic acids is 2. The molecular weight excluding hydrogens is 278 g/mol. The predicted molar refractivity (Wildman–Crippen MR) is 79.3 cm³/mol. The molecule has 1 aliphatic heterocycles. The van der Waals surface area contributed by atoms with Gasteiger partial charge in [-0.2, -0.15) is 0 Å². The highest BCUT2D eigenvalue weighted by Crippen LogP contribution is 2.28. The zero-order valence-electron chi connectivity index (χ0n) is 11.9. The highest BCUT2D eigenvalue weighted by molar-refractivity contribution is 6.31. The molecule has 0 saturated heterocycles. The number of amides is 2. The van der Waals surface area contributed by atoms with Gasteiger partial charge in [0.1, 0.15) is 6.54 Å². The van der Waals surface area contributed by atoms with Crippen molar-refractivity contribution in [3.63, 3.8) is 0 Å². The number of halogens is 1. The molecule has 1 aromatic carbocycles. The summed E-state index contributed by atoms with van der Waals surface area (Å²) in [7, 11) is 3.86. The third-order valence-corrected chi connectivity index (χ3v) is 3.45. The molecule has 0 saturated carbocycles. The van der Waals surface area contributed by atoms with E-state index in [0.29, 0.717) is 29.4 Å². The minimum Gasteiger partial charge on any atom is -0.328 e. The predicted octanol–water partition coefficient (Wildman–Crippen LogP) is 1.60. The van der Waals surface area contributed by atoms with E-state index >= 15 is 0 Å². The molecule has 20 heavy (non-hydrogen) atoms. The van der Waals surface area contributed by atoms with Gasteiger partial charge in [0.2, 0.25) is 5.91 Å². The van der Waals surface area contributed by atoms with E-state index in [4.69, 9.17) is 11.6 Å². The van der Waals surface area contributed by atoms with Gasteiger partial charge in [0.15, 0.2) is 0 Å². The molecule has 0 spiro atoms. The Bertz CT molecular complexity index is 558. The van der Waals surface area contributed by atoms with Crippen LogP contribution in [0.5, 0.6) is 0 Å². The maximum atomic E-state index is 12.6. The number of hydrogen-bond donors (Lipinski definition) is 1. The first-order chi connectivity index (χ1) is 9.38. The fourth-order valence-corrected chi connectivity index (χ4v) is 2.45. The van der Waals surface area contributed by atoms with Crippen molar-refractivity contribution in [2.45, 2.75) is 6.92 Å². The Balaban J connectivity index is 2.37. The monoisotopic (exact) mass is 295 g/mol. The molecule has 0 atom stereocenters. The van der Waals surface area contributed by atoms with Crippen LogP contribution in [0.1, 0.15) is 15.9 Å².